The summed E-state index contributed by atoms with van der Waals surface area (Å²) in [5.41, 5.74) is 16.4. The first-order chi connectivity index (χ1) is 33.3. The van der Waals surface area contributed by atoms with Gasteiger partial charge in [-0.15, -0.1) is 12.3 Å². The number of para-hydroxylation sites is 2. The fourth-order valence-electron chi connectivity index (χ4n) is 9.98. The Morgan fingerprint density at radius 2 is 1.31 bits per heavy atom. The molecule has 3 atom stereocenters. The molecule has 0 fully saturated rings. The van der Waals surface area contributed by atoms with Crippen LogP contribution < -0.4 is 14.7 Å². The van der Waals surface area contributed by atoms with Gasteiger partial charge >= 0.3 is 0 Å². The number of anilines is 7. The predicted molar refractivity (Wildman–Crippen MR) is 293 cm³/mol. The number of allylic oxidation sites excluding steroid dienone is 9. The first-order valence-electron chi connectivity index (χ1n) is 24.2. The molecule has 0 N–H and O–H groups in total. The van der Waals surface area contributed by atoms with Crippen molar-refractivity contribution < 1.29 is 0 Å². The zero-order valence-corrected chi connectivity index (χ0v) is 40.0. The van der Waals surface area contributed by atoms with Crippen LogP contribution in [0.15, 0.2) is 213 Å². The number of aromatic nitrogens is 1. The highest BCUT2D eigenvalue weighted by molar-refractivity contribution is 5.95. The van der Waals surface area contributed by atoms with E-state index in [2.05, 4.69) is 260 Å². The summed E-state index contributed by atoms with van der Waals surface area (Å²) >= 11 is 0. The number of unbranched alkanes of at least 4 members (excludes halogenated alkanes) is 1. The quantitative estimate of drug-likeness (QED) is 0.0496. The van der Waals surface area contributed by atoms with Crippen molar-refractivity contribution in [3.05, 3.63) is 229 Å². The van der Waals surface area contributed by atoms with Crippen LogP contribution in [0.4, 0.5) is 39.8 Å². The van der Waals surface area contributed by atoms with E-state index in [1.54, 1.807) is 0 Å². The zero-order chi connectivity index (χ0) is 47.0. The molecule has 1 aliphatic heterocycles. The van der Waals surface area contributed by atoms with E-state index in [0.717, 1.165) is 71.1 Å². The number of rotatable bonds is 13. The third-order valence-electron chi connectivity index (χ3n) is 13.6. The molecule has 1 aliphatic carbocycles. The SMILES string of the molecule is C#CCC/C=C(\C)N1C/C=C\C=C/C(C)c2ccc(N(c3ccccc3)c3ccc(-c4ccc(N(c5ccccc5)c5ccc6c(/C=C\C=C)c(C)n(C7C=CC(C)CC7)c6c5)cc4)cc3)cc21. The second-order valence-corrected chi connectivity index (χ2v) is 18.2. The summed E-state index contributed by atoms with van der Waals surface area (Å²) in [6.07, 6.45) is 31.6. The molecule has 0 saturated heterocycles. The fraction of sp³-hybridized carbons (Fsp3) is 0.188. The van der Waals surface area contributed by atoms with Crippen LogP contribution in [0.5, 0.6) is 0 Å². The van der Waals surface area contributed by atoms with E-state index in [9.17, 15) is 0 Å². The molecule has 68 heavy (non-hydrogen) atoms. The van der Waals surface area contributed by atoms with Crippen molar-refractivity contribution in [1.82, 2.24) is 4.57 Å². The molecule has 1 aromatic heterocycles. The maximum Gasteiger partial charge on any atom is 0.0519 e. The summed E-state index contributed by atoms with van der Waals surface area (Å²) in [6, 6.07) is 53.6. The summed E-state index contributed by atoms with van der Waals surface area (Å²) in [7, 11) is 0. The average molecular weight is 887 g/mol. The van der Waals surface area contributed by atoms with E-state index in [0.29, 0.717) is 12.0 Å². The van der Waals surface area contributed by atoms with Gasteiger partial charge in [-0.05, 0) is 129 Å². The Morgan fingerprint density at radius 3 is 1.91 bits per heavy atom. The first kappa shape index (κ1) is 45.4. The largest absolute Gasteiger partial charge is 0.342 e. The van der Waals surface area contributed by atoms with Gasteiger partial charge in [0.05, 0.1) is 11.6 Å². The highest BCUT2D eigenvalue weighted by atomic mass is 15.2. The van der Waals surface area contributed by atoms with E-state index in [4.69, 9.17) is 6.42 Å². The molecule has 2 aliphatic rings. The Morgan fingerprint density at radius 1 is 0.706 bits per heavy atom. The van der Waals surface area contributed by atoms with Crippen LogP contribution in [0.25, 0.3) is 28.1 Å². The summed E-state index contributed by atoms with van der Waals surface area (Å²) in [5.74, 6) is 3.65. The standard InChI is InChI=1S/C64H62N4/c1-7-9-14-22-49(5)65-44-20-13-15-21-48(4)60-42-40-58(45-63(60)65)67(53-23-16-11-17-24-53)56-36-30-51(31-37-56)52-32-38-57(39-33-52)68(54-25-18-12-19-26-54)59-41-43-62-61(27-10-8-2)50(6)66(64(62)46-59)55-34-28-47(3)29-35-55/h1,8,10-13,15-28,30-34,36-43,45-48,55H,2,9,14,29,35,44H2,3-6H3/b20-13-,21-15-,27-10-,49-22+. The molecule has 0 bridgehead atoms. The van der Waals surface area contributed by atoms with Crippen LogP contribution in [-0.2, 0) is 0 Å². The maximum atomic E-state index is 5.65. The first-order valence-corrected chi connectivity index (χ1v) is 24.2. The minimum absolute atomic E-state index is 0.241. The van der Waals surface area contributed by atoms with E-state index in [1.807, 2.05) is 6.08 Å². The number of terminal acetylenes is 1. The van der Waals surface area contributed by atoms with Crippen molar-refractivity contribution in [2.45, 2.75) is 65.3 Å². The van der Waals surface area contributed by atoms with Crippen molar-refractivity contribution in [2.75, 3.05) is 21.2 Å². The van der Waals surface area contributed by atoms with Crippen molar-refractivity contribution in [3.8, 4) is 23.5 Å². The monoisotopic (exact) mass is 886 g/mol. The van der Waals surface area contributed by atoms with Gasteiger partial charge in [-0.2, -0.15) is 0 Å². The van der Waals surface area contributed by atoms with Gasteiger partial charge in [-0.25, -0.2) is 0 Å². The van der Waals surface area contributed by atoms with Crippen molar-refractivity contribution >= 4 is 56.8 Å². The molecular formula is C64H62N4. The van der Waals surface area contributed by atoms with E-state index < -0.39 is 0 Å². The number of fused-ring (bicyclic) bond motifs is 2. The van der Waals surface area contributed by atoms with Crippen LogP contribution in [0.2, 0.25) is 0 Å². The molecule has 2 heterocycles. The van der Waals surface area contributed by atoms with Gasteiger partial charge in [0.1, 0.15) is 0 Å². The van der Waals surface area contributed by atoms with Crippen LogP contribution in [0, 0.1) is 25.2 Å². The Kier molecular flexibility index (Phi) is 13.9. The van der Waals surface area contributed by atoms with Gasteiger partial charge in [0.15, 0.2) is 0 Å². The second-order valence-electron chi connectivity index (χ2n) is 18.2. The highest BCUT2D eigenvalue weighted by Crippen LogP contribution is 2.43. The molecule has 6 aromatic carbocycles. The lowest BCUT2D eigenvalue weighted by atomic mass is 9.94. The molecule has 0 amide bonds. The van der Waals surface area contributed by atoms with Crippen LogP contribution in [0.3, 0.4) is 0 Å². The van der Waals surface area contributed by atoms with Crippen LogP contribution in [-0.4, -0.2) is 11.1 Å². The molecule has 9 rings (SSSR count). The molecule has 338 valence electrons. The predicted octanol–water partition coefficient (Wildman–Crippen LogP) is 17.6. The lowest BCUT2D eigenvalue weighted by molar-refractivity contribution is 0.467. The van der Waals surface area contributed by atoms with Gasteiger partial charge in [0, 0.05) is 81.0 Å². The third-order valence-corrected chi connectivity index (χ3v) is 13.6. The molecule has 3 unspecified atom stereocenters. The third kappa shape index (κ3) is 9.57. The fourth-order valence-corrected chi connectivity index (χ4v) is 9.98. The van der Waals surface area contributed by atoms with Crippen LogP contribution >= 0.6 is 0 Å². The molecule has 7 aromatic rings. The summed E-state index contributed by atoms with van der Waals surface area (Å²) in [6.45, 7) is 13.8. The van der Waals surface area contributed by atoms with Crippen molar-refractivity contribution in [2.24, 2.45) is 5.92 Å². The molecule has 0 saturated carbocycles. The molecule has 4 nitrogen and oxygen atoms in total. The smallest absolute Gasteiger partial charge is 0.0519 e. The number of hydrogen-bond donors (Lipinski definition) is 0. The van der Waals surface area contributed by atoms with E-state index in [-0.39, 0.29) is 5.92 Å². The van der Waals surface area contributed by atoms with Gasteiger partial charge in [0.25, 0.3) is 0 Å². The number of hydrogen-bond acceptors (Lipinski definition) is 3. The van der Waals surface area contributed by atoms with E-state index >= 15 is 0 Å². The minimum Gasteiger partial charge on any atom is -0.342 e. The molecule has 0 spiro atoms. The summed E-state index contributed by atoms with van der Waals surface area (Å²) in [5, 5.41) is 1.26. The van der Waals surface area contributed by atoms with Crippen molar-refractivity contribution in [1.29, 1.82) is 0 Å². The summed E-state index contributed by atoms with van der Waals surface area (Å²) in [4.78, 5) is 7.17. The maximum absolute atomic E-state index is 5.65. The van der Waals surface area contributed by atoms with Crippen molar-refractivity contribution in [3.63, 3.8) is 0 Å². The second kappa shape index (κ2) is 20.8. The highest BCUT2D eigenvalue weighted by Gasteiger charge is 2.24. The van der Waals surface area contributed by atoms with Gasteiger partial charge < -0.3 is 19.3 Å². The molecular weight excluding hydrogens is 825 g/mol. The number of nitrogens with zero attached hydrogens (tertiary/aromatic N) is 4. The van der Waals surface area contributed by atoms with Gasteiger partial charge in [-0.1, -0.05) is 154 Å². The normalized spacial score (nSPS) is 18.0. The summed E-state index contributed by atoms with van der Waals surface area (Å²) < 4.78 is 2.56. The van der Waals surface area contributed by atoms with Gasteiger partial charge in [0.2, 0.25) is 0 Å². The minimum atomic E-state index is 0.241. The Bertz CT molecular complexity index is 3060. The lowest BCUT2D eigenvalue weighted by Gasteiger charge is -2.31. The topological polar surface area (TPSA) is 14.7 Å². The molecule has 0 radical (unpaired) electrons. The van der Waals surface area contributed by atoms with E-state index in [1.165, 1.54) is 45.5 Å². The Balaban J connectivity index is 1.06. The Labute approximate surface area is 404 Å². The zero-order valence-electron chi connectivity index (χ0n) is 40.0. The molecule has 4 heteroatoms. The average Bonchev–Trinajstić information content (AvgIpc) is 3.68. The number of benzene rings is 6. The lowest BCUT2D eigenvalue weighted by Crippen LogP contribution is -2.23. The van der Waals surface area contributed by atoms with Crippen LogP contribution in [0.1, 0.15) is 75.2 Å². The van der Waals surface area contributed by atoms with Gasteiger partial charge in [-0.3, -0.25) is 0 Å². The Hall–Kier alpha value is -7.74.